The van der Waals surface area contributed by atoms with Crippen molar-refractivity contribution in [1.29, 1.82) is 5.26 Å². The van der Waals surface area contributed by atoms with Crippen LogP contribution in [0, 0.1) is 17.1 Å². The Balaban J connectivity index is 2.07. The third kappa shape index (κ3) is 3.52. The number of aliphatic carboxylic acids is 1. The molecule has 2 N–H and O–H groups in total. The highest BCUT2D eigenvalue weighted by molar-refractivity contribution is 7.13. The highest BCUT2D eigenvalue weighted by Crippen LogP contribution is 2.23. The van der Waals surface area contributed by atoms with Gasteiger partial charge in [-0.25, -0.2) is 9.37 Å². The first kappa shape index (κ1) is 14.0. The molecule has 2 aromatic rings. The second kappa shape index (κ2) is 6.12. The van der Waals surface area contributed by atoms with E-state index in [-0.39, 0.29) is 12.0 Å². The lowest BCUT2D eigenvalue weighted by Crippen LogP contribution is -1.98. The summed E-state index contributed by atoms with van der Waals surface area (Å²) in [6.07, 6.45) is 0.388. The van der Waals surface area contributed by atoms with Crippen LogP contribution in [0.5, 0.6) is 0 Å². The highest BCUT2D eigenvalue weighted by Gasteiger charge is 2.07. The van der Waals surface area contributed by atoms with Crippen LogP contribution < -0.4 is 5.32 Å². The largest absolute Gasteiger partial charge is 0.481 e. The summed E-state index contributed by atoms with van der Waals surface area (Å²) in [5.41, 5.74) is 1.20. The fraction of sp³-hybridized carbons (Fsp3) is 0.154. The molecule has 102 valence electrons. The van der Waals surface area contributed by atoms with E-state index in [1.807, 2.05) is 0 Å². The van der Waals surface area contributed by atoms with Gasteiger partial charge in [0.2, 0.25) is 0 Å². The van der Waals surface area contributed by atoms with Gasteiger partial charge in [0, 0.05) is 17.5 Å². The zero-order chi connectivity index (χ0) is 14.5. The van der Waals surface area contributed by atoms with Gasteiger partial charge in [0.15, 0.2) is 5.13 Å². The van der Waals surface area contributed by atoms with E-state index >= 15 is 0 Å². The molecule has 0 unspecified atom stereocenters. The number of hydrogen-bond acceptors (Lipinski definition) is 5. The lowest BCUT2D eigenvalue weighted by Gasteiger charge is -2.03. The Labute approximate surface area is 118 Å². The number of aryl methyl sites for hydroxylation is 1. The van der Waals surface area contributed by atoms with Crippen LogP contribution in [0.2, 0.25) is 0 Å². The van der Waals surface area contributed by atoms with Crippen LogP contribution in [0.15, 0.2) is 23.6 Å². The maximum Gasteiger partial charge on any atom is 0.303 e. The van der Waals surface area contributed by atoms with Crippen molar-refractivity contribution in [1.82, 2.24) is 4.98 Å². The van der Waals surface area contributed by atoms with Crippen LogP contribution in [-0.2, 0) is 11.2 Å². The molecule has 1 heterocycles. The van der Waals surface area contributed by atoms with Crippen molar-refractivity contribution in [2.45, 2.75) is 12.8 Å². The third-order valence-corrected chi connectivity index (χ3v) is 3.29. The topological polar surface area (TPSA) is 86.0 Å². The van der Waals surface area contributed by atoms with E-state index in [2.05, 4.69) is 10.3 Å². The number of nitriles is 1. The van der Waals surface area contributed by atoms with Crippen molar-refractivity contribution in [3.63, 3.8) is 0 Å². The maximum atomic E-state index is 13.2. The van der Waals surface area contributed by atoms with Gasteiger partial charge >= 0.3 is 5.97 Å². The number of carbonyl (C=O) groups is 1. The van der Waals surface area contributed by atoms with Gasteiger partial charge in [0.05, 0.1) is 17.7 Å². The number of nitrogens with one attached hydrogen (secondary N) is 1. The summed E-state index contributed by atoms with van der Waals surface area (Å²) >= 11 is 1.32. The van der Waals surface area contributed by atoms with Crippen LogP contribution in [0.25, 0.3) is 0 Å². The zero-order valence-electron chi connectivity index (χ0n) is 10.3. The zero-order valence-corrected chi connectivity index (χ0v) is 11.1. The minimum absolute atomic E-state index is 0.0261. The van der Waals surface area contributed by atoms with Crippen molar-refractivity contribution >= 4 is 28.1 Å². The molecule has 0 atom stereocenters. The predicted molar refractivity (Wildman–Crippen MR) is 72.5 cm³/mol. The van der Waals surface area contributed by atoms with Gasteiger partial charge in [-0.1, -0.05) is 0 Å². The number of thiazole rings is 1. The van der Waals surface area contributed by atoms with Gasteiger partial charge in [-0.15, -0.1) is 11.3 Å². The van der Waals surface area contributed by atoms with Crippen LogP contribution in [0.4, 0.5) is 15.2 Å². The van der Waals surface area contributed by atoms with Crippen LogP contribution >= 0.6 is 11.3 Å². The molecule has 1 aromatic heterocycles. The normalized spacial score (nSPS) is 10.0. The minimum Gasteiger partial charge on any atom is -0.481 e. The molecule has 0 amide bonds. The molecule has 0 aliphatic rings. The molecule has 2 rings (SSSR count). The van der Waals surface area contributed by atoms with E-state index in [1.54, 1.807) is 11.4 Å². The fourth-order valence-electron chi connectivity index (χ4n) is 1.53. The molecule has 0 spiro atoms. The number of carboxylic acids is 1. The molecule has 0 saturated carbocycles. The summed E-state index contributed by atoms with van der Waals surface area (Å²) < 4.78 is 13.2. The Morgan fingerprint density at radius 3 is 3.05 bits per heavy atom. The van der Waals surface area contributed by atoms with Gasteiger partial charge < -0.3 is 10.4 Å². The first-order valence-corrected chi connectivity index (χ1v) is 6.59. The molecule has 20 heavy (non-hydrogen) atoms. The fourth-order valence-corrected chi connectivity index (χ4v) is 2.29. The first-order chi connectivity index (χ1) is 9.58. The van der Waals surface area contributed by atoms with E-state index < -0.39 is 11.8 Å². The molecule has 7 heteroatoms. The van der Waals surface area contributed by atoms with E-state index in [4.69, 9.17) is 10.4 Å². The van der Waals surface area contributed by atoms with Crippen LogP contribution in [0.3, 0.4) is 0 Å². The average molecular weight is 291 g/mol. The summed E-state index contributed by atoms with van der Waals surface area (Å²) in [5.74, 6) is -1.44. The number of aromatic nitrogens is 1. The number of halogens is 1. The van der Waals surface area contributed by atoms with E-state index in [1.165, 1.54) is 29.5 Å². The SMILES string of the molecule is N#Cc1cc(Nc2nc(CCC(=O)O)cs2)ccc1F. The van der Waals surface area contributed by atoms with E-state index in [0.717, 1.165) is 0 Å². The van der Waals surface area contributed by atoms with Crippen molar-refractivity contribution in [3.8, 4) is 6.07 Å². The maximum absolute atomic E-state index is 13.2. The molecule has 0 fully saturated rings. The Bertz CT molecular complexity index is 678. The van der Waals surface area contributed by atoms with Gasteiger partial charge in [-0.3, -0.25) is 4.79 Å². The average Bonchev–Trinajstić information content (AvgIpc) is 2.86. The van der Waals surface area contributed by atoms with Gasteiger partial charge in [-0.05, 0) is 18.2 Å². The van der Waals surface area contributed by atoms with Crippen molar-refractivity contribution in [2.24, 2.45) is 0 Å². The Morgan fingerprint density at radius 2 is 2.35 bits per heavy atom. The smallest absolute Gasteiger partial charge is 0.303 e. The summed E-state index contributed by atoms with van der Waals surface area (Å²) in [7, 11) is 0. The second-order valence-electron chi connectivity index (χ2n) is 3.97. The highest BCUT2D eigenvalue weighted by atomic mass is 32.1. The van der Waals surface area contributed by atoms with Gasteiger partial charge in [0.1, 0.15) is 11.9 Å². The van der Waals surface area contributed by atoms with Gasteiger partial charge in [0.25, 0.3) is 0 Å². The molecule has 0 aliphatic heterocycles. The number of rotatable bonds is 5. The molecule has 1 aromatic carbocycles. The molecule has 0 saturated heterocycles. The van der Waals surface area contributed by atoms with Crippen molar-refractivity contribution in [2.75, 3.05) is 5.32 Å². The van der Waals surface area contributed by atoms with Crippen molar-refractivity contribution < 1.29 is 14.3 Å². The summed E-state index contributed by atoms with van der Waals surface area (Å²) in [6.45, 7) is 0. The van der Waals surface area contributed by atoms with E-state index in [9.17, 15) is 9.18 Å². The molecule has 0 bridgehead atoms. The quantitative estimate of drug-likeness (QED) is 0.884. The molecule has 0 radical (unpaired) electrons. The third-order valence-electron chi connectivity index (χ3n) is 2.48. The first-order valence-electron chi connectivity index (χ1n) is 5.71. The van der Waals surface area contributed by atoms with E-state index in [0.29, 0.717) is 22.9 Å². The summed E-state index contributed by atoms with van der Waals surface area (Å²) in [4.78, 5) is 14.7. The Kier molecular flexibility index (Phi) is 4.27. The van der Waals surface area contributed by atoms with Gasteiger partial charge in [-0.2, -0.15) is 5.26 Å². The molecular formula is C13H10FN3O2S. The Hall–Kier alpha value is -2.46. The lowest BCUT2D eigenvalue weighted by atomic mass is 10.2. The summed E-state index contributed by atoms with van der Waals surface area (Å²) in [5, 5.41) is 22.6. The standard InChI is InChI=1S/C13H10FN3O2S/c14-11-3-1-9(5-8(11)6-15)16-13-17-10(7-20-13)2-4-12(18)19/h1,3,5,7H,2,4H2,(H,16,17)(H,18,19). The van der Waals surface area contributed by atoms with Crippen LogP contribution in [-0.4, -0.2) is 16.1 Å². The monoisotopic (exact) mass is 291 g/mol. The Morgan fingerprint density at radius 1 is 1.55 bits per heavy atom. The molecule has 0 aliphatic carbocycles. The minimum atomic E-state index is -0.871. The molecule has 5 nitrogen and oxygen atoms in total. The number of anilines is 2. The lowest BCUT2D eigenvalue weighted by molar-refractivity contribution is -0.136. The molecular weight excluding hydrogens is 281 g/mol. The number of carboxylic acid groups (broad SMARTS) is 1. The predicted octanol–water partition coefficient (Wildman–Crippen LogP) is 2.91. The number of nitrogens with zero attached hydrogens (tertiary/aromatic N) is 2. The summed E-state index contributed by atoms with van der Waals surface area (Å²) in [6, 6.07) is 5.88. The van der Waals surface area contributed by atoms with Crippen molar-refractivity contribution in [3.05, 3.63) is 40.7 Å². The number of hydrogen-bond donors (Lipinski definition) is 2. The van der Waals surface area contributed by atoms with Crippen LogP contribution in [0.1, 0.15) is 17.7 Å². The number of benzene rings is 1. The second-order valence-corrected chi connectivity index (χ2v) is 4.83.